The van der Waals surface area contributed by atoms with Crippen molar-refractivity contribution in [3.8, 4) is 5.75 Å². The van der Waals surface area contributed by atoms with Gasteiger partial charge >= 0.3 is 0 Å². The summed E-state index contributed by atoms with van der Waals surface area (Å²) in [5.41, 5.74) is 5.76. The van der Waals surface area contributed by atoms with Crippen molar-refractivity contribution in [3.05, 3.63) is 42.0 Å². The molecule has 0 heterocycles. The van der Waals surface area contributed by atoms with Gasteiger partial charge in [-0.05, 0) is 48.9 Å². The lowest BCUT2D eigenvalue weighted by atomic mass is 10.1. The van der Waals surface area contributed by atoms with E-state index in [1.807, 2.05) is 38.1 Å². The van der Waals surface area contributed by atoms with E-state index in [-0.39, 0.29) is 6.10 Å². The number of rotatable bonds is 3. The first-order valence-electron chi connectivity index (χ1n) is 5.56. The van der Waals surface area contributed by atoms with Gasteiger partial charge in [-0.3, -0.25) is 4.79 Å². The van der Waals surface area contributed by atoms with Crippen LogP contribution in [0.1, 0.15) is 24.2 Å². The highest BCUT2D eigenvalue weighted by molar-refractivity contribution is 5.97. The summed E-state index contributed by atoms with van der Waals surface area (Å²) in [4.78, 5) is 11.1. The average molecular weight is 229 g/mol. The Kier molecular flexibility index (Phi) is 3.00. The maximum Gasteiger partial charge on any atom is 0.248 e. The van der Waals surface area contributed by atoms with Crippen LogP contribution in [0.3, 0.4) is 0 Å². The summed E-state index contributed by atoms with van der Waals surface area (Å²) in [7, 11) is 0. The molecule has 1 amide bonds. The number of hydrogen-bond donors (Lipinski definition) is 1. The third kappa shape index (κ3) is 2.56. The van der Waals surface area contributed by atoms with Crippen molar-refractivity contribution in [2.75, 3.05) is 0 Å². The van der Waals surface area contributed by atoms with Gasteiger partial charge in [0.2, 0.25) is 5.91 Å². The van der Waals surface area contributed by atoms with Crippen LogP contribution in [-0.2, 0) is 0 Å². The Labute approximate surface area is 100 Å². The minimum Gasteiger partial charge on any atom is -0.491 e. The molecule has 17 heavy (non-hydrogen) atoms. The molecule has 0 aromatic heterocycles. The maximum absolute atomic E-state index is 11.1. The Balaban J connectivity index is 2.43. The Bertz CT molecular complexity index is 561. The number of nitrogens with two attached hydrogens (primary N) is 1. The van der Waals surface area contributed by atoms with Crippen LogP contribution in [0, 0.1) is 0 Å². The molecule has 3 heteroatoms. The first-order chi connectivity index (χ1) is 8.06. The predicted octanol–water partition coefficient (Wildman–Crippen LogP) is 2.73. The summed E-state index contributed by atoms with van der Waals surface area (Å²) in [6, 6.07) is 11.2. The zero-order valence-corrected chi connectivity index (χ0v) is 9.94. The van der Waals surface area contributed by atoms with Crippen molar-refractivity contribution in [2.45, 2.75) is 20.0 Å². The molecule has 3 nitrogen and oxygen atoms in total. The molecule has 0 aliphatic rings. The second-order valence-corrected chi connectivity index (χ2v) is 4.25. The highest BCUT2D eigenvalue weighted by Crippen LogP contribution is 2.22. The van der Waals surface area contributed by atoms with Crippen molar-refractivity contribution in [2.24, 2.45) is 5.73 Å². The Morgan fingerprint density at radius 2 is 1.76 bits per heavy atom. The molecular weight excluding hydrogens is 214 g/mol. The van der Waals surface area contributed by atoms with Crippen molar-refractivity contribution < 1.29 is 9.53 Å². The molecule has 0 radical (unpaired) electrons. The van der Waals surface area contributed by atoms with Crippen LogP contribution in [-0.4, -0.2) is 12.0 Å². The molecule has 2 rings (SSSR count). The standard InChI is InChI=1S/C14H15NO2/c1-9(2)17-13-6-5-10-7-12(14(15)16)4-3-11(10)8-13/h3-9H,1-2H3,(H2,15,16). The van der Waals surface area contributed by atoms with Gasteiger partial charge in [0, 0.05) is 5.56 Å². The first kappa shape index (κ1) is 11.5. The lowest BCUT2D eigenvalue weighted by Gasteiger charge is -2.10. The topological polar surface area (TPSA) is 52.3 Å². The lowest BCUT2D eigenvalue weighted by molar-refractivity contribution is 0.100. The molecule has 2 N–H and O–H groups in total. The van der Waals surface area contributed by atoms with Crippen LogP contribution in [0.25, 0.3) is 10.8 Å². The number of fused-ring (bicyclic) bond motifs is 1. The lowest BCUT2D eigenvalue weighted by Crippen LogP contribution is -2.10. The molecule has 0 saturated heterocycles. The van der Waals surface area contributed by atoms with E-state index in [1.54, 1.807) is 12.1 Å². The van der Waals surface area contributed by atoms with Gasteiger partial charge in [-0.1, -0.05) is 12.1 Å². The number of amides is 1. The molecule has 0 fully saturated rings. The molecule has 0 aliphatic heterocycles. The minimum atomic E-state index is -0.408. The fourth-order valence-corrected chi connectivity index (χ4v) is 1.72. The van der Waals surface area contributed by atoms with Gasteiger partial charge in [0.05, 0.1) is 6.10 Å². The van der Waals surface area contributed by atoms with Gasteiger partial charge in [0.15, 0.2) is 0 Å². The molecule has 0 atom stereocenters. The van der Waals surface area contributed by atoms with E-state index in [0.29, 0.717) is 5.56 Å². The van der Waals surface area contributed by atoms with Crippen LogP contribution < -0.4 is 10.5 Å². The summed E-state index contributed by atoms with van der Waals surface area (Å²) in [5.74, 6) is 0.425. The molecule has 0 aliphatic carbocycles. The van der Waals surface area contributed by atoms with E-state index in [0.717, 1.165) is 16.5 Å². The Morgan fingerprint density at radius 1 is 1.12 bits per heavy atom. The maximum atomic E-state index is 11.1. The number of ether oxygens (including phenoxy) is 1. The van der Waals surface area contributed by atoms with Gasteiger partial charge in [-0.15, -0.1) is 0 Å². The fourth-order valence-electron chi connectivity index (χ4n) is 1.72. The third-order valence-electron chi connectivity index (χ3n) is 2.47. The van der Waals surface area contributed by atoms with E-state index in [2.05, 4.69) is 0 Å². The van der Waals surface area contributed by atoms with Gasteiger partial charge in [0.25, 0.3) is 0 Å². The molecule has 0 saturated carbocycles. The van der Waals surface area contributed by atoms with E-state index < -0.39 is 5.91 Å². The molecule has 0 unspecified atom stereocenters. The van der Waals surface area contributed by atoms with E-state index in [9.17, 15) is 4.79 Å². The summed E-state index contributed by atoms with van der Waals surface area (Å²) in [6.45, 7) is 3.97. The van der Waals surface area contributed by atoms with Crippen molar-refractivity contribution >= 4 is 16.7 Å². The summed E-state index contributed by atoms with van der Waals surface area (Å²) in [6.07, 6.45) is 0.150. The monoisotopic (exact) mass is 229 g/mol. The highest BCUT2D eigenvalue weighted by atomic mass is 16.5. The molecule has 0 bridgehead atoms. The van der Waals surface area contributed by atoms with Gasteiger partial charge in [-0.2, -0.15) is 0 Å². The summed E-state index contributed by atoms with van der Waals surface area (Å²) >= 11 is 0. The van der Waals surface area contributed by atoms with Crippen LogP contribution in [0.15, 0.2) is 36.4 Å². The number of benzene rings is 2. The van der Waals surface area contributed by atoms with E-state index in [1.165, 1.54) is 0 Å². The van der Waals surface area contributed by atoms with E-state index in [4.69, 9.17) is 10.5 Å². The number of carbonyl (C=O) groups is 1. The van der Waals surface area contributed by atoms with Crippen molar-refractivity contribution in [3.63, 3.8) is 0 Å². The zero-order valence-electron chi connectivity index (χ0n) is 9.94. The fraction of sp³-hybridized carbons (Fsp3) is 0.214. The van der Waals surface area contributed by atoms with Crippen LogP contribution >= 0.6 is 0 Å². The average Bonchev–Trinajstić information content (AvgIpc) is 2.27. The quantitative estimate of drug-likeness (QED) is 0.879. The number of primary amides is 1. The van der Waals surface area contributed by atoms with Crippen LogP contribution in [0.2, 0.25) is 0 Å². The number of hydrogen-bond acceptors (Lipinski definition) is 2. The van der Waals surface area contributed by atoms with E-state index >= 15 is 0 Å². The zero-order chi connectivity index (χ0) is 12.4. The highest BCUT2D eigenvalue weighted by Gasteiger charge is 2.03. The predicted molar refractivity (Wildman–Crippen MR) is 68.2 cm³/mol. The van der Waals surface area contributed by atoms with Crippen LogP contribution in [0.5, 0.6) is 5.75 Å². The molecule has 88 valence electrons. The second kappa shape index (κ2) is 4.45. The SMILES string of the molecule is CC(C)Oc1ccc2cc(C(N)=O)ccc2c1. The second-order valence-electron chi connectivity index (χ2n) is 4.25. The first-order valence-corrected chi connectivity index (χ1v) is 5.56. The number of carbonyl (C=O) groups excluding carboxylic acids is 1. The Morgan fingerprint density at radius 3 is 2.41 bits per heavy atom. The molecular formula is C14H15NO2. The smallest absolute Gasteiger partial charge is 0.248 e. The summed E-state index contributed by atoms with van der Waals surface area (Å²) < 4.78 is 5.61. The molecule has 2 aromatic carbocycles. The minimum absolute atomic E-state index is 0.150. The largest absolute Gasteiger partial charge is 0.491 e. The van der Waals surface area contributed by atoms with Gasteiger partial charge in [-0.25, -0.2) is 0 Å². The molecule has 0 spiro atoms. The summed E-state index contributed by atoms with van der Waals surface area (Å²) in [5, 5.41) is 2.02. The van der Waals surface area contributed by atoms with Gasteiger partial charge in [0.1, 0.15) is 5.75 Å². The third-order valence-corrected chi connectivity index (χ3v) is 2.47. The van der Waals surface area contributed by atoms with Crippen LogP contribution in [0.4, 0.5) is 0 Å². The van der Waals surface area contributed by atoms with Crippen molar-refractivity contribution in [1.82, 2.24) is 0 Å². The van der Waals surface area contributed by atoms with Gasteiger partial charge < -0.3 is 10.5 Å². The normalized spacial score (nSPS) is 10.8. The molecule has 2 aromatic rings. The van der Waals surface area contributed by atoms with Crippen molar-refractivity contribution in [1.29, 1.82) is 0 Å². The Hall–Kier alpha value is -2.03.